The van der Waals surface area contributed by atoms with Crippen LogP contribution in [-0.4, -0.2) is 126 Å². The number of carbonyl (C=O) groups excluding carboxylic acids is 5. The SMILES string of the molecule is COc1ccc(-c2ocnc2C(=O)NCCCc2cn(CCOCCOCCOCCC(N=[N+]=[N-])C(=O)CNc3cccc4c3CN(C3CCC(=O)NC3=O)C4=O)nn2)cc1Cl. The fraction of sp³-hybridized carbons (Fsp3) is 0.450. The Labute approximate surface area is 360 Å². The standard InChI is InChI=1S/C40H46ClN11O10/c1-58-34-9-7-25(20-29(34)41)37-36(45-24-62-37)39(56)43-12-3-4-26-22-51(50-47-26)13-15-60-17-19-61-18-16-59-14-11-31(48-49-42)33(53)21-44-30-6-2-5-27-28(30)23-52(40(27)57)32-8-10-35(54)46-38(32)55/h2,5-7,9,20,22,24,31-32,44H,3-4,8,10-19,21,23H2,1H3,(H,43,56)(H,46,54,55). The lowest BCUT2D eigenvalue weighted by molar-refractivity contribution is -0.137. The second-order valence-corrected chi connectivity index (χ2v) is 14.5. The number of azide groups is 1. The predicted octanol–water partition coefficient (Wildman–Crippen LogP) is 3.52. The number of imide groups is 1. The van der Waals surface area contributed by atoms with Crippen LogP contribution in [0.25, 0.3) is 21.8 Å². The molecule has 22 heteroatoms. The number of anilines is 1. The monoisotopic (exact) mass is 875 g/mol. The molecule has 0 saturated carbocycles. The molecule has 0 radical (unpaired) electrons. The van der Waals surface area contributed by atoms with Gasteiger partial charge in [-0.25, -0.2) is 9.67 Å². The summed E-state index contributed by atoms with van der Waals surface area (Å²) in [5.74, 6) is -1.11. The van der Waals surface area contributed by atoms with Gasteiger partial charge in [-0.1, -0.05) is 28.0 Å². The minimum Gasteiger partial charge on any atom is -0.495 e. The van der Waals surface area contributed by atoms with Crippen molar-refractivity contribution in [3.8, 4) is 17.1 Å². The van der Waals surface area contributed by atoms with Gasteiger partial charge in [0.1, 0.15) is 17.8 Å². The number of ether oxygens (including phenoxy) is 4. The summed E-state index contributed by atoms with van der Waals surface area (Å²) in [6, 6.07) is 8.40. The number of nitrogens with one attached hydrogen (secondary N) is 3. The van der Waals surface area contributed by atoms with Crippen molar-refractivity contribution in [2.24, 2.45) is 5.11 Å². The molecule has 2 atom stereocenters. The maximum Gasteiger partial charge on any atom is 0.273 e. The summed E-state index contributed by atoms with van der Waals surface area (Å²) < 4.78 is 29.1. The van der Waals surface area contributed by atoms with Crippen molar-refractivity contribution in [1.29, 1.82) is 0 Å². The van der Waals surface area contributed by atoms with Gasteiger partial charge in [0.2, 0.25) is 11.8 Å². The summed E-state index contributed by atoms with van der Waals surface area (Å²) in [6.45, 7) is 2.68. The molecule has 62 heavy (non-hydrogen) atoms. The number of hydrogen-bond acceptors (Lipinski definition) is 15. The molecule has 2 aliphatic heterocycles. The van der Waals surface area contributed by atoms with Crippen LogP contribution in [0.5, 0.6) is 5.75 Å². The van der Waals surface area contributed by atoms with Crippen molar-refractivity contribution < 1.29 is 47.3 Å². The van der Waals surface area contributed by atoms with Gasteiger partial charge < -0.3 is 38.9 Å². The van der Waals surface area contributed by atoms with Gasteiger partial charge >= 0.3 is 0 Å². The smallest absolute Gasteiger partial charge is 0.273 e. The van der Waals surface area contributed by atoms with Crippen molar-refractivity contribution in [2.45, 2.75) is 57.3 Å². The summed E-state index contributed by atoms with van der Waals surface area (Å²) in [4.78, 5) is 71.2. The van der Waals surface area contributed by atoms with Crippen LogP contribution in [0.15, 0.2) is 58.5 Å². The Bertz CT molecular complexity index is 2280. The molecule has 6 rings (SSSR count). The number of oxazole rings is 1. The van der Waals surface area contributed by atoms with Crippen molar-refractivity contribution >= 4 is 46.7 Å². The second kappa shape index (κ2) is 22.5. The van der Waals surface area contributed by atoms with Crippen LogP contribution < -0.4 is 20.7 Å². The molecule has 2 unspecified atom stereocenters. The van der Waals surface area contributed by atoms with E-state index in [2.05, 4.69) is 41.3 Å². The molecule has 0 spiro atoms. The number of benzene rings is 2. The maximum absolute atomic E-state index is 13.1. The third-order valence-corrected chi connectivity index (χ3v) is 10.3. The number of carbonyl (C=O) groups is 5. The Hall–Kier alpha value is -6.38. The van der Waals surface area contributed by atoms with E-state index in [9.17, 15) is 24.0 Å². The molecule has 328 valence electrons. The molecule has 4 heterocycles. The van der Waals surface area contributed by atoms with E-state index in [0.717, 1.165) is 5.69 Å². The van der Waals surface area contributed by atoms with Gasteiger partial charge in [-0.15, -0.1) is 5.10 Å². The average molecular weight is 876 g/mol. The Balaban J connectivity index is 0.792. The number of fused-ring (bicyclic) bond motifs is 1. The quantitative estimate of drug-likeness (QED) is 0.0283. The molecule has 21 nitrogen and oxygen atoms in total. The molecule has 2 aromatic carbocycles. The summed E-state index contributed by atoms with van der Waals surface area (Å²) >= 11 is 6.23. The molecule has 1 saturated heterocycles. The van der Waals surface area contributed by atoms with Crippen LogP contribution in [0.3, 0.4) is 0 Å². The van der Waals surface area contributed by atoms with Gasteiger partial charge in [0, 0.05) is 59.6 Å². The van der Waals surface area contributed by atoms with E-state index >= 15 is 0 Å². The number of Topliss-reactive ketones (excluding diaryl/α,β-unsaturated/α-hetero) is 1. The van der Waals surface area contributed by atoms with Crippen LogP contribution in [-0.2, 0) is 48.1 Å². The zero-order valence-electron chi connectivity index (χ0n) is 33.9. The van der Waals surface area contributed by atoms with Gasteiger partial charge in [-0.3, -0.25) is 29.3 Å². The lowest BCUT2D eigenvalue weighted by Crippen LogP contribution is -2.52. The number of methoxy groups -OCH3 is 1. The normalized spacial score (nSPS) is 15.2. The van der Waals surface area contributed by atoms with E-state index in [1.165, 1.54) is 18.4 Å². The number of hydrogen-bond donors (Lipinski definition) is 3. The van der Waals surface area contributed by atoms with Crippen molar-refractivity contribution in [3.63, 3.8) is 0 Å². The summed E-state index contributed by atoms with van der Waals surface area (Å²) in [6.07, 6.45) is 4.82. The minimum absolute atomic E-state index is 0.145. The lowest BCUT2D eigenvalue weighted by Gasteiger charge is -2.29. The topological polar surface area (TPSA) is 267 Å². The van der Waals surface area contributed by atoms with Gasteiger partial charge in [0.15, 0.2) is 23.6 Å². The number of ketones is 1. The molecular weight excluding hydrogens is 830 g/mol. The number of amides is 4. The minimum atomic E-state index is -0.971. The van der Waals surface area contributed by atoms with Crippen LogP contribution >= 0.6 is 11.6 Å². The first-order valence-corrected chi connectivity index (χ1v) is 20.3. The summed E-state index contributed by atoms with van der Waals surface area (Å²) in [7, 11) is 1.52. The van der Waals surface area contributed by atoms with Crippen LogP contribution in [0, 0.1) is 0 Å². The number of halogens is 1. The zero-order chi connectivity index (χ0) is 43.8. The fourth-order valence-corrected chi connectivity index (χ4v) is 7.09. The predicted molar refractivity (Wildman–Crippen MR) is 220 cm³/mol. The first kappa shape index (κ1) is 45.2. The molecular formula is C40H46ClN11O10. The molecule has 2 aliphatic rings. The van der Waals surface area contributed by atoms with E-state index in [1.807, 2.05) is 6.20 Å². The summed E-state index contributed by atoms with van der Waals surface area (Å²) in [5.41, 5.74) is 12.2. The van der Waals surface area contributed by atoms with Crippen LogP contribution in [0.4, 0.5) is 5.69 Å². The Morgan fingerprint density at radius 3 is 2.65 bits per heavy atom. The first-order chi connectivity index (χ1) is 30.2. The first-order valence-electron chi connectivity index (χ1n) is 19.9. The molecule has 0 bridgehead atoms. The van der Waals surface area contributed by atoms with Crippen LogP contribution in [0.1, 0.15) is 57.8 Å². The highest BCUT2D eigenvalue weighted by Crippen LogP contribution is 2.33. The van der Waals surface area contributed by atoms with Gasteiger partial charge in [-0.2, -0.15) is 0 Å². The number of rotatable bonds is 25. The van der Waals surface area contributed by atoms with E-state index < -0.39 is 18.0 Å². The van der Waals surface area contributed by atoms with Crippen molar-refractivity contribution in [2.75, 3.05) is 65.2 Å². The maximum atomic E-state index is 13.1. The fourth-order valence-electron chi connectivity index (χ4n) is 6.83. The third-order valence-electron chi connectivity index (χ3n) is 10.0. The summed E-state index contributed by atoms with van der Waals surface area (Å²) in [5, 5.41) is 20.5. The molecule has 4 amide bonds. The largest absolute Gasteiger partial charge is 0.495 e. The highest BCUT2D eigenvalue weighted by atomic mass is 35.5. The van der Waals surface area contributed by atoms with Gasteiger partial charge in [-0.05, 0) is 61.5 Å². The Morgan fingerprint density at radius 2 is 1.89 bits per heavy atom. The average Bonchev–Trinajstić information content (AvgIpc) is 4.03. The molecule has 4 aromatic rings. The highest BCUT2D eigenvalue weighted by molar-refractivity contribution is 6.32. The van der Waals surface area contributed by atoms with E-state index in [-0.39, 0.29) is 74.8 Å². The highest BCUT2D eigenvalue weighted by Gasteiger charge is 2.40. The Morgan fingerprint density at radius 1 is 1.10 bits per heavy atom. The number of piperidine rings is 1. The van der Waals surface area contributed by atoms with E-state index in [4.69, 9.17) is 40.5 Å². The number of aromatic nitrogens is 4. The second-order valence-electron chi connectivity index (χ2n) is 14.1. The van der Waals surface area contributed by atoms with Crippen molar-refractivity contribution in [1.82, 2.24) is 35.5 Å². The van der Waals surface area contributed by atoms with E-state index in [0.29, 0.717) is 91.3 Å². The third kappa shape index (κ3) is 11.9. The molecule has 0 aliphatic carbocycles. The lowest BCUT2D eigenvalue weighted by atomic mass is 10.0. The number of aryl methyl sites for hydroxylation is 1. The zero-order valence-corrected chi connectivity index (χ0v) is 34.7. The Kier molecular flexibility index (Phi) is 16.4. The van der Waals surface area contributed by atoms with E-state index in [1.54, 1.807) is 41.1 Å². The van der Waals surface area contributed by atoms with Gasteiger partial charge in [0.25, 0.3) is 11.8 Å². The van der Waals surface area contributed by atoms with Crippen LogP contribution in [0.2, 0.25) is 5.02 Å². The van der Waals surface area contributed by atoms with Crippen molar-refractivity contribution in [3.05, 3.63) is 87.0 Å². The van der Waals surface area contributed by atoms with Gasteiger partial charge in [0.05, 0.1) is 64.0 Å². The molecule has 1 fully saturated rings. The number of nitrogens with zero attached hydrogens (tertiary/aromatic N) is 8. The molecule has 2 aromatic heterocycles. The molecule has 3 N–H and O–H groups in total.